The Morgan fingerprint density at radius 2 is 2.32 bits per heavy atom. The maximum atomic E-state index is 9.32. The Kier molecular flexibility index (Phi) is 6.29. The lowest BCUT2D eigenvalue weighted by Crippen LogP contribution is -2.43. The third kappa shape index (κ3) is 5.20. The summed E-state index contributed by atoms with van der Waals surface area (Å²) in [5, 5.41) is 12.1. The third-order valence-electron chi connectivity index (χ3n) is 4.08. The molecule has 0 N–H and O–H groups in total. The summed E-state index contributed by atoms with van der Waals surface area (Å²) >= 11 is 1.51. The summed E-state index contributed by atoms with van der Waals surface area (Å²) in [7, 11) is 0. The molecule has 5 nitrogen and oxygen atoms in total. The molecule has 0 spiro atoms. The van der Waals surface area contributed by atoms with Crippen LogP contribution in [0.4, 0.5) is 0 Å². The van der Waals surface area contributed by atoms with Crippen LogP contribution in [0.5, 0.6) is 0 Å². The second-order valence-corrected chi connectivity index (χ2v) is 7.05. The molecule has 1 saturated heterocycles. The maximum absolute atomic E-state index is 9.32. The molecule has 0 aliphatic carbocycles. The molecule has 2 aromatic rings. The van der Waals surface area contributed by atoms with Gasteiger partial charge in [-0.2, -0.15) is 5.26 Å². The minimum absolute atomic E-state index is 0.0751. The van der Waals surface area contributed by atoms with Gasteiger partial charge in [0, 0.05) is 36.9 Å². The Bertz CT molecular complexity index is 737. The van der Waals surface area contributed by atoms with Crippen molar-refractivity contribution in [3.8, 4) is 6.07 Å². The molecule has 0 radical (unpaired) electrons. The van der Waals surface area contributed by atoms with Crippen molar-refractivity contribution in [3.63, 3.8) is 0 Å². The highest BCUT2D eigenvalue weighted by atomic mass is 32.1. The van der Waals surface area contributed by atoms with Gasteiger partial charge in [0.25, 0.3) is 0 Å². The number of aliphatic imine (C=N–C) groups is 1. The van der Waals surface area contributed by atoms with Crippen molar-refractivity contribution < 1.29 is 4.74 Å². The number of hydrogen-bond donors (Lipinski definition) is 0. The van der Waals surface area contributed by atoms with Crippen molar-refractivity contribution >= 4 is 17.6 Å². The fourth-order valence-corrected chi connectivity index (χ4v) is 3.63. The Hall–Kier alpha value is -2.07. The number of rotatable bonds is 6. The zero-order chi connectivity index (χ0) is 17.5. The van der Waals surface area contributed by atoms with Crippen LogP contribution in [-0.4, -0.2) is 48.4 Å². The van der Waals surface area contributed by atoms with E-state index in [2.05, 4.69) is 45.2 Å². The van der Waals surface area contributed by atoms with Gasteiger partial charge in [0.05, 0.1) is 25.3 Å². The average molecular weight is 354 g/mol. The molecule has 6 heteroatoms. The molecule has 2 atom stereocenters. The molecule has 1 aliphatic heterocycles. The Balaban J connectivity index is 1.51. The normalized spacial score (nSPS) is 19.8. The lowest BCUT2D eigenvalue weighted by Gasteiger charge is -2.32. The van der Waals surface area contributed by atoms with E-state index >= 15 is 0 Å². The summed E-state index contributed by atoms with van der Waals surface area (Å²) < 4.78 is 5.82. The topological polar surface area (TPSA) is 61.5 Å². The highest BCUT2D eigenvalue weighted by molar-refractivity contribution is 7.09. The van der Waals surface area contributed by atoms with Crippen LogP contribution in [0.2, 0.25) is 0 Å². The quantitative estimate of drug-likeness (QED) is 0.748. The van der Waals surface area contributed by atoms with Gasteiger partial charge in [-0.15, -0.1) is 11.3 Å². The summed E-state index contributed by atoms with van der Waals surface area (Å²) in [5.41, 5.74) is 2.26. The van der Waals surface area contributed by atoms with Gasteiger partial charge in [0.1, 0.15) is 10.9 Å². The Labute approximate surface area is 152 Å². The molecule has 1 aromatic heterocycles. The van der Waals surface area contributed by atoms with Crippen molar-refractivity contribution in [2.75, 3.05) is 26.2 Å². The number of thiazole rings is 1. The van der Waals surface area contributed by atoms with Crippen LogP contribution in [0.25, 0.3) is 0 Å². The number of hydrogen-bond acceptors (Lipinski definition) is 6. The average Bonchev–Trinajstić information content (AvgIpc) is 3.06. The van der Waals surface area contributed by atoms with E-state index in [1.165, 1.54) is 16.9 Å². The fourth-order valence-electron chi connectivity index (χ4n) is 2.83. The van der Waals surface area contributed by atoms with Crippen LogP contribution < -0.4 is 0 Å². The SMILES string of the molecule is Cc1csc([C@@H](C#N)C=NC[C@@H]2CN(Cc3ccccc3)CCO2)n1. The van der Waals surface area contributed by atoms with Crippen LogP contribution in [0.15, 0.2) is 40.7 Å². The molecular formula is C19H22N4OS. The Morgan fingerprint density at radius 1 is 1.48 bits per heavy atom. The van der Waals surface area contributed by atoms with Crippen LogP contribution in [0.3, 0.4) is 0 Å². The zero-order valence-corrected chi connectivity index (χ0v) is 15.2. The molecule has 2 heterocycles. The van der Waals surface area contributed by atoms with Crippen LogP contribution >= 0.6 is 11.3 Å². The van der Waals surface area contributed by atoms with E-state index in [1.807, 2.05) is 18.4 Å². The van der Waals surface area contributed by atoms with Gasteiger partial charge in [0.2, 0.25) is 0 Å². The van der Waals surface area contributed by atoms with Crippen molar-refractivity contribution in [2.24, 2.45) is 4.99 Å². The maximum Gasteiger partial charge on any atom is 0.133 e. The summed E-state index contributed by atoms with van der Waals surface area (Å²) in [5.74, 6) is -0.372. The summed E-state index contributed by atoms with van der Waals surface area (Å²) in [6.07, 6.45) is 1.78. The van der Waals surface area contributed by atoms with E-state index in [0.717, 1.165) is 36.9 Å². The molecule has 3 rings (SSSR count). The number of morpholine rings is 1. The molecule has 0 unspecified atom stereocenters. The van der Waals surface area contributed by atoms with Gasteiger partial charge < -0.3 is 4.74 Å². The first kappa shape index (κ1) is 17.7. The van der Waals surface area contributed by atoms with E-state index in [9.17, 15) is 5.26 Å². The number of aryl methyl sites for hydroxylation is 1. The largest absolute Gasteiger partial charge is 0.374 e. The van der Waals surface area contributed by atoms with Gasteiger partial charge in [-0.25, -0.2) is 4.98 Å². The first-order valence-corrected chi connectivity index (χ1v) is 9.32. The van der Waals surface area contributed by atoms with Crippen LogP contribution in [0, 0.1) is 18.3 Å². The van der Waals surface area contributed by atoms with Crippen molar-refractivity contribution in [2.45, 2.75) is 25.5 Å². The van der Waals surface area contributed by atoms with Gasteiger partial charge >= 0.3 is 0 Å². The van der Waals surface area contributed by atoms with E-state index in [4.69, 9.17) is 4.74 Å². The van der Waals surface area contributed by atoms with E-state index in [0.29, 0.717) is 6.54 Å². The summed E-state index contributed by atoms with van der Waals surface area (Å²) in [6.45, 7) is 5.97. The molecule has 1 fully saturated rings. The Morgan fingerprint density at radius 3 is 3.04 bits per heavy atom. The van der Waals surface area contributed by atoms with Gasteiger partial charge in [-0.1, -0.05) is 30.3 Å². The van der Waals surface area contributed by atoms with E-state index in [1.54, 1.807) is 6.21 Å². The molecule has 0 saturated carbocycles. The van der Waals surface area contributed by atoms with E-state index < -0.39 is 0 Å². The first-order valence-electron chi connectivity index (χ1n) is 8.44. The molecular weight excluding hydrogens is 332 g/mol. The van der Waals surface area contributed by atoms with Crippen LogP contribution in [-0.2, 0) is 11.3 Å². The predicted molar refractivity (Wildman–Crippen MR) is 100 cm³/mol. The zero-order valence-electron chi connectivity index (χ0n) is 14.3. The second-order valence-electron chi connectivity index (χ2n) is 6.16. The highest BCUT2D eigenvalue weighted by Gasteiger charge is 2.20. The van der Waals surface area contributed by atoms with E-state index in [-0.39, 0.29) is 12.0 Å². The predicted octanol–water partition coefficient (Wildman–Crippen LogP) is 3.03. The summed E-state index contributed by atoms with van der Waals surface area (Å²) in [6, 6.07) is 12.7. The van der Waals surface area contributed by atoms with Gasteiger partial charge in [-0.3, -0.25) is 9.89 Å². The lowest BCUT2D eigenvalue weighted by molar-refractivity contribution is -0.0257. The molecule has 25 heavy (non-hydrogen) atoms. The molecule has 1 aromatic carbocycles. The van der Waals surface area contributed by atoms with Crippen molar-refractivity contribution in [1.82, 2.24) is 9.88 Å². The smallest absolute Gasteiger partial charge is 0.133 e. The minimum Gasteiger partial charge on any atom is -0.374 e. The number of nitrogens with zero attached hydrogens (tertiary/aromatic N) is 4. The van der Waals surface area contributed by atoms with Crippen molar-refractivity contribution in [3.05, 3.63) is 52.0 Å². The van der Waals surface area contributed by atoms with Crippen molar-refractivity contribution in [1.29, 1.82) is 5.26 Å². The number of benzene rings is 1. The molecule has 1 aliphatic rings. The number of nitriles is 1. The molecule has 130 valence electrons. The first-order chi connectivity index (χ1) is 12.2. The summed E-state index contributed by atoms with van der Waals surface area (Å²) in [4.78, 5) is 11.2. The van der Waals surface area contributed by atoms with Gasteiger partial charge in [0.15, 0.2) is 0 Å². The number of ether oxygens (including phenoxy) is 1. The highest BCUT2D eigenvalue weighted by Crippen LogP contribution is 2.18. The second kappa shape index (κ2) is 8.86. The number of aromatic nitrogens is 1. The fraction of sp³-hybridized carbons (Fsp3) is 0.421. The van der Waals surface area contributed by atoms with Gasteiger partial charge in [-0.05, 0) is 12.5 Å². The third-order valence-corrected chi connectivity index (χ3v) is 5.12. The minimum atomic E-state index is -0.372. The lowest BCUT2D eigenvalue weighted by atomic mass is 10.2. The molecule has 0 amide bonds. The monoisotopic (exact) mass is 354 g/mol. The van der Waals surface area contributed by atoms with Crippen LogP contribution in [0.1, 0.15) is 22.2 Å². The molecule has 0 bridgehead atoms. The standard InChI is InChI=1S/C19H22N4OS/c1-15-14-25-19(22-15)17(9-20)10-21-11-18-13-23(7-8-24-18)12-16-5-3-2-4-6-16/h2-6,10,14,17-18H,7-8,11-13H2,1H3/t17-,18+/m0/s1.